The summed E-state index contributed by atoms with van der Waals surface area (Å²) in [5, 5.41) is 4.21. The van der Waals surface area contributed by atoms with Gasteiger partial charge in [0.2, 0.25) is 0 Å². The highest BCUT2D eigenvalue weighted by molar-refractivity contribution is 7.15. The van der Waals surface area contributed by atoms with E-state index in [0.29, 0.717) is 5.92 Å². The number of fused-ring (bicyclic) bond motifs is 1. The van der Waals surface area contributed by atoms with Crippen LogP contribution in [0, 0.1) is 0 Å². The summed E-state index contributed by atoms with van der Waals surface area (Å²) in [4.78, 5) is 6.07. The summed E-state index contributed by atoms with van der Waals surface area (Å²) in [6.07, 6.45) is 3.50. The van der Waals surface area contributed by atoms with Gasteiger partial charge >= 0.3 is 0 Å². The molecule has 1 aliphatic carbocycles. The second-order valence-corrected chi connectivity index (χ2v) is 5.57. The van der Waals surface area contributed by atoms with Gasteiger partial charge in [0, 0.05) is 11.9 Å². The fraction of sp³-hybridized carbons (Fsp3) is 0.357. The van der Waals surface area contributed by atoms with Gasteiger partial charge in [0.05, 0.1) is 5.69 Å². The monoisotopic (exact) mass is 244 g/mol. The van der Waals surface area contributed by atoms with Crippen LogP contribution in [-0.4, -0.2) is 12.0 Å². The maximum absolute atomic E-state index is 4.60. The molecule has 3 rings (SSSR count). The van der Waals surface area contributed by atoms with Crippen molar-refractivity contribution in [2.75, 3.05) is 12.4 Å². The topological polar surface area (TPSA) is 24.9 Å². The second-order valence-electron chi connectivity index (χ2n) is 4.49. The number of hydrogen-bond acceptors (Lipinski definition) is 3. The van der Waals surface area contributed by atoms with Crippen LogP contribution < -0.4 is 5.32 Å². The van der Waals surface area contributed by atoms with Crippen LogP contribution in [0.1, 0.15) is 28.5 Å². The van der Waals surface area contributed by atoms with Crippen molar-refractivity contribution in [1.82, 2.24) is 4.98 Å². The van der Waals surface area contributed by atoms with E-state index in [1.54, 1.807) is 0 Å². The molecule has 0 radical (unpaired) electrons. The van der Waals surface area contributed by atoms with Gasteiger partial charge < -0.3 is 5.32 Å². The first-order valence-corrected chi connectivity index (χ1v) is 6.89. The number of hydrogen-bond donors (Lipinski definition) is 1. The Hall–Kier alpha value is -1.35. The molecule has 0 fully saturated rings. The van der Waals surface area contributed by atoms with Crippen molar-refractivity contribution in [2.24, 2.45) is 0 Å². The largest absolute Gasteiger partial charge is 0.365 e. The number of aryl methyl sites for hydroxylation is 1. The minimum atomic E-state index is 0.675. The Kier molecular flexibility index (Phi) is 2.85. The fourth-order valence-electron chi connectivity index (χ4n) is 2.49. The molecule has 1 heterocycles. The van der Waals surface area contributed by atoms with Crippen LogP contribution in [0.5, 0.6) is 0 Å². The van der Waals surface area contributed by atoms with Gasteiger partial charge in [0.15, 0.2) is 5.13 Å². The molecule has 1 aliphatic rings. The molecule has 0 spiro atoms. The summed E-state index contributed by atoms with van der Waals surface area (Å²) in [7, 11) is 1.94. The van der Waals surface area contributed by atoms with E-state index in [4.69, 9.17) is 0 Å². The number of nitrogens with one attached hydrogen (secondary N) is 1. The van der Waals surface area contributed by atoms with E-state index in [1.807, 2.05) is 18.4 Å². The van der Waals surface area contributed by atoms with Crippen LogP contribution in [0.2, 0.25) is 0 Å². The molecule has 2 aromatic rings. The fourth-order valence-corrected chi connectivity index (χ4v) is 3.53. The number of aromatic nitrogens is 1. The molecular weight excluding hydrogens is 228 g/mol. The van der Waals surface area contributed by atoms with Crippen LogP contribution in [0.3, 0.4) is 0 Å². The smallest absolute Gasteiger partial charge is 0.182 e. The van der Waals surface area contributed by atoms with Crippen LogP contribution in [-0.2, 0) is 12.8 Å². The third-order valence-electron chi connectivity index (χ3n) is 3.42. The van der Waals surface area contributed by atoms with E-state index in [1.165, 1.54) is 22.6 Å². The quantitative estimate of drug-likeness (QED) is 0.875. The average Bonchev–Trinajstić information content (AvgIpc) is 2.81. The standard InChI is InChI=1S/C14H16N2S/c1-15-14-16-12-8-7-11(9-13(12)17-14)10-5-3-2-4-6-10/h2-6,11H,7-9H2,1H3,(H,15,16)/t11-/m1/s1. The lowest BCUT2D eigenvalue weighted by Crippen LogP contribution is -2.11. The summed E-state index contributed by atoms with van der Waals surface area (Å²) < 4.78 is 0. The number of rotatable bonds is 2. The molecule has 1 aromatic carbocycles. The third-order valence-corrected chi connectivity index (χ3v) is 4.56. The Morgan fingerprint density at radius 3 is 2.88 bits per heavy atom. The predicted molar refractivity (Wildman–Crippen MR) is 72.9 cm³/mol. The van der Waals surface area contributed by atoms with E-state index < -0.39 is 0 Å². The minimum absolute atomic E-state index is 0.675. The molecule has 0 saturated carbocycles. The Morgan fingerprint density at radius 2 is 2.12 bits per heavy atom. The van der Waals surface area contributed by atoms with Crippen LogP contribution in [0.15, 0.2) is 30.3 Å². The Bertz CT molecular complexity index is 504. The van der Waals surface area contributed by atoms with Crippen molar-refractivity contribution in [3.8, 4) is 0 Å². The summed E-state index contributed by atoms with van der Waals surface area (Å²) in [5.41, 5.74) is 2.78. The number of nitrogens with zero attached hydrogens (tertiary/aromatic N) is 1. The molecule has 17 heavy (non-hydrogen) atoms. The van der Waals surface area contributed by atoms with Crippen LogP contribution in [0.25, 0.3) is 0 Å². The molecule has 1 atom stereocenters. The summed E-state index contributed by atoms with van der Waals surface area (Å²) in [6, 6.07) is 10.8. The number of thiazole rings is 1. The molecule has 3 heteroatoms. The molecule has 0 bridgehead atoms. The summed E-state index contributed by atoms with van der Waals surface area (Å²) in [5.74, 6) is 0.675. The Morgan fingerprint density at radius 1 is 1.29 bits per heavy atom. The second kappa shape index (κ2) is 4.49. The van der Waals surface area contributed by atoms with Crippen LogP contribution in [0.4, 0.5) is 5.13 Å². The highest BCUT2D eigenvalue weighted by Gasteiger charge is 2.23. The van der Waals surface area contributed by atoms with Gasteiger partial charge in [0.25, 0.3) is 0 Å². The zero-order chi connectivity index (χ0) is 11.7. The van der Waals surface area contributed by atoms with Gasteiger partial charge in [-0.2, -0.15) is 0 Å². The molecule has 1 aromatic heterocycles. The molecule has 1 N–H and O–H groups in total. The first kappa shape index (κ1) is 10.8. The van der Waals surface area contributed by atoms with Gasteiger partial charge in [-0.25, -0.2) is 4.98 Å². The molecular formula is C14H16N2S. The molecule has 2 nitrogen and oxygen atoms in total. The molecule has 0 saturated heterocycles. The molecule has 0 unspecified atom stereocenters. The van der Waals surface area contributed by atoms with Crippen molar-refractivity contribution >= 4 is 16.5 Å². The lowest BCUT2D eigenvalue weighted by molar-refractivity contribution is 0.584. The van der Waals surface area contributed by atoms with Gasteiger partial charge in [0.1, 0.15) is 0 Å². The first-order valence-electron chi connectivity index (χ1n) is 6.08. The Labute approximate surface area is 106 Å². The summed E-state index contributed by atoms with van der Waals surface area (Å²) >= 11 is 1.81. The van der Waals surface area contributed by atoms with E-state index in [-0.39, 0.29) is 0 Å². The van der Waals surface area contributed by atoms with Crippen molar-refractivity contribution in [3.05, 3.63) is 46.5 Å². The van der Waals surface area contributed by atoms with Gasteiger partial charge in [-0.3, -0.25) is 0 Å². The van der Waals surface area contributed by atoms with Gasteiger partial charge in [-0.15, -0.1) is 11.3 Å². The van der Waals surface area contributed by atoms with Crippen molar-refractivity contribution in [3.63, 3.8) is 0 Å². The maximum atomic E-state index is 4.60. The lowest BCUT2D eigenvalue weighted by Gasteiger charge is -2.21. The van der Waals surface area contributed by atoms with Crippen LogP contribution >= 0.6 is 11.3 Å². The third kappa shape index (κ3) is 2.07. The highest BCUT2D eigenvalue weighted by atomic mass is 32.1. The van der Waals surface area contributed by atoms with E-state index in [2.05, 4.69) is 40.6 Å². The first-order chi connectivity index (χ1) is 8.36. The zero-order valence-corrected chi connectivity index (χ0v) is 10.8. The zero-order valence-electron chi connectivity index (χ0n) is 9.94. The van der Waals surface area contributed by atoms with E-state index in [9.17, 15) is 0 Å². The van der Waals surface area contributed by atoms with Crippen molar-refractivity contribution in [1.29, 1.82) is 0 Å². The maximum Gasteiger partial charge on any atom is 0.182 e. The normalized spacial score (nSPS) is 18.8. The van der Waals surface area contributed by atoms with Crippen molar-refractivity contribution in [2.45, 2.75) is 25.2 Å². The SMILES string of the molecule is CNc1nc2c(s1)C[C@H](c1ccccc1)CC2. The van der Waals surface area contributed by atoms with Gasteiger partial charge in [-0.05, 0) is 30.7 Å². The minimum Gasteiger partial charge on any atom is -0.365 e. The molecule has 88 valence electrons. The Balaban J connectivity index is 1.85. The molecule has 0 amide bonds. The van der Waals surface area contributed by atoms with E-state index >= 15 is 0 Å². The predicted octanol–water partition coefficient (Wildman–Crippen LogP) is 3.46. The van der Waals surface area contributed by atoms with Gasteiger partial charge in [-0.1, -0.05) is 30.3 Å². The van der Waals surface area contributed by atoms with E-state index in [0.717, 1.165) is 18.0 Å². The lowest BCUT2D eigenvalue weighted by atomic mass is 9.85. The van der Waals surface area contributed by atoms with Crippen molar-refractivity contribution < 1.29 is 0 Å². The number of anilines is 1. The average molecular weight is 244 g/mol. The summed E-state index contributed by atoms with van der Waals surface area (Å²) in [6.45, 7) is 0. The highest BCUT2D eigenvalue weighted by Crippen LogP contribution is 2.36. The molecule has 0 aliphatic heterocycles. The number of benzene rings is 1.